The van der Waals surface area contributed by atoms with Crippen LogP contribution in [-0.4, -0.2) is 54.2 Å². The van der Waals surface area contributed by atoms with Crippen molar-refractivity contribution >= 4 is 27.6 Å². The first kappa shape index (κ1) is 23.5. The number of hydrogen-bond acceptors (Lipinski definition) is 6. The highest BCUT2D eigenvalue weighted by Crippen LogP contribution is 2.14. The molecule has 0 aliphatic carbocycles. The first-order valence-corrected chi connectivity index (χ1v) is 11.5. The molecule has 1 aromatic heterocycles. The van der Waals surface area contributed by atoms with Crippen molar-refractivity contribution in [1.29, 1.82) is 0 Å². The molecule has 1 aliphatic heterocycles. The standard InChI is InChI=1S/C20H24FN5O5S/c1-12(2)17(25-32(30,31)15-5-3-13(21)4-6-15)19(28)24-16-9-14-10-26(11-23-14)8-7-22-20(29)18(16)27/h3-6,10-12,16-17,25H,7-9H2,1-2H3,(H,22,29)(H,24,28). The highest BCUT2D eigenvalue weighted by atomic mass is 32.2. The predicted molar refractivity (Wildman–Crippen MR) is 111 cm³/mol. The van der Waals surface area contributed by atoms with E-state index in [0.29, 0.717) is 12.2 Å². The van der Waals surface area contributed by atoms with E-state index < -0.39 is 51.4 Å². The molecule has 2 bridgehead atoms. The summed E-state index contributed by atoms with van der Waals surface area (Å²) in [7, 11) is -4.15. The van der Waals surface area contributed by atoms with Crippen LogP contribution in [0, 0.1) is 11.7 Å². The Kier molecular flexibility index (Phi) is 7.04. The lowest BCUT2D eigenvalue weighted by atomic mass is 10.0. The summed E-state index contributed by atoms with van der Waals surface area (Å²) in [5, 5.41) is 4.98. The number of nitrogens with one attached hydrogen (secondary N) is 3. The molecule has 3 rings (SSSR count). The van der Waals surface area contributed by atoms with Gasteiger partial charge in [0.2, 0.25) is 21.7 Å². The number of nitrogens with zero attached hydrogens (tertiary/aromatic N) is 2. The third-order valence-electron chi connectivity index (χ3n) is 4.97. The number of hydrogen-bond donors (Lipinski definition) is 3. The van der Waals surface area contributed by atoms with Crippen molar-refractivity contribution in [2.75, 3.05) is 6.54 Å². The van der Waals surface area contributed by atoms with E-state index in [9.17, 15) is 27.2 Å². The summed E-state index contributed by atoms with van der Waals surface area (Å²) < 4.78 is 42.6. The summed E-state index contributed by atoms with van der Waals surface area (Å²) in [5.41, 5.74) is 0.506. The fourth-order valence-corrected chi connectivity index (χ4v) is 4.54. The molecule has 2 unspecified atom stereocenters. The fraction of sp³-hybridized carbons (Fsp3) is 0.400. The number of Topliss-reactive ketones (excluding diaryl/α,β-unsaturated/α-hetero) is 1. The Hall–Kier alpha value is -3.12. The van der Waals surface area contributed by atoms with Gasteiger partial charge in [0.15, 0.2) is 0 Å². The molecule has 0 fully saturated rings. The number of amides is 2. The number of benzene rings is 1. The molecule has 1 aromatic carbocycles. The molecule has 0 saturated heterocycles. The first-order chi connectivity index (χ1) is 15.1. The van der Waals surface area contributed by atoms with Gasteiger partial charge in [-0.3, -0.25) is 14.4 Å². The third-order valence-corrected chi connectivity index (χ3v) is 6.42. The van der Waals surface area contributed by atoms with Crippen molar-refractivity contribution in [3.63, 3.8) is 0 Å². The molecule has 172 valence electrons. The van der Waals surface area contributed by atoms with Crippen LogP contribution in [0.15, 0.2) is 41.7 Å². The second-order valence-electron chi connectivity index (χ2n) is 7.79. The summed E-state index contributed by atoms with van der Waals surface area (Å²) in [6, 6.07) is 1.69. The predicted octanol–water partition coefficient (Wildman–Crippen LogP) is -0.248. The van der Waals surface area contributed by atoms with Crippen LogP contribution in [0.3, 0.4) is 0 Å². The Morgan fingerprint density at radius 1 is 1.25 bits per heavy atom. The quantitative estimate of drug-likeness (QED) is 0.503. The average Bonchev–Trinajstić information content (AvgIpc) is 3.17. The van der Waals surface area contributed by atoms with Gasteiger partial charge >= 0.3 is 0 Å². The Balaban J connectivity index is 1.81. The molecule has 1 aliphatic rings. The monoisotopic (exact) mass is 465 g/mol. The van der Waals surface area contributed by atoms with E-state index in [-0.39, 0.29) is 17.9 Å². The lowest BCUT2D eigenvalue weighted by molar-refractivity contribution is -0.140. The lowest BCUT2D eigenvalue weighted by Gasteiger charge is -2.24. The van der Waals surface area contributed by atoms with Crippen LogP contribution in [-0.2, 0) is 37.4 Å². The average molecular weight is 466 g/mol. The van der Waals surface area contributed by atoms with Crippen LogP contribution < -0.4 is 15.4 Å². The van der Waals surface area contributed by atoms with Crippen molar-refractivity contribution < 1.29 is 27.2 Å². The zero-order valence-corrected chi connectivity index (χ0v) is 18.4. The van der Waals surface area contributed by atoms with Gasteiger partial charge in [-0.25, -0.2) is 17.8 Å². The van der Waals surface area contributed by atoms with Crippen LogP contribution in [0.5, 0.6) is 0 Å². The van der Waals surface area contributed by atoms with Crippen LogP contribution in [0.4, 0.5) is 4.39 Å². The minimum absolute atomic E-state index is 0.0273. The minimum atomic E-state index is -4.15. The van der Waals surface area contributed by atoms with E-state index >= 15 is 0 Å². The number of carbonyl (C=O) groups is 3. The van der Waals surface area contributed by atoms with Crippen molar-refractivity contribution in [2.24, 2.45) is 5.92 Å². The molecule has 2 amide bonds. The summed E-state index contributed by atoms with van der Waals surface area (Å²) in [4.78, 5) is 41.7. The van der Waals surface area contributed by atoms with Gasteiger partial charge < -0.3 is 15.2 Å². The number of halogens is 1. The second-order valence-corrected chi connectivity index (χ2v) is 9.50. The van der Waals surface area contributed by atoms with E-state index in [1.165, 1.54) is 0 Å². The van der Waals surface area contributed by atoms with Crippen molar-refractivity contribution in [3.05, 3.63) is 48.3 Å². The smallest absolute Gasteiger partial charge is 0.289 e. The van der Waals surface area contributed by atoms with Gasteiger partial charge in [0, 0.05) is 25.7 Å². The van der Waals surface area contributed by atoms with Crippen LogP contribution in [0.2, 0.25) is 0 Å². The molecular weight excluding hydrogens is 441 g/mol. The van der Waals surface area contributed by atoms with Crippen LogP contribution in [0.25, 0.3) is 0 Å². The Bertz CT molecular complexity index is 1110. The Morgan fingerprint density at radius 2 is 1.94 bits per heavy atom. The van der Waals surface area contributed by atoms with Crippen molar-refractivity contribution in [2.45, 2.75) is 43.8 Å². The molecular formula is C20H24FN5O5S. The maximum Gasteiger partial charge on any atom is 0.289 e. The maximum atomic E-state index is 13.1. The molecule has 2 heterocycles. The van der Waals surface area contributed by atoms with Gasteiger partial charge in [0.1, 0.15) is 17.9 Å². The molecule has 0 radical (unpaired) electrons. The van der Waals surface area contributed by atoms with Gasteiger partial charge in [0.25, 0.3) is 5.91 Å². The van der Waals surface area contributed by atoms with Crippen molar-refractivity contribution in [3.8, 4) is 0 Å². The summed E-state index contributed by atoms with van der Waals surface area (Å²) in [6.45, 7) is 3.92. The summed E-state index contributed by atoms with van der Waals surface area (Å²) in [5.74, 6) is -3.55. The molecule has 10 nitrogen and oxygen atoms in total. The highest BCUT2D eigenvalue weighted by molar-refractivity contribution is 7.89. The molecule has 2 atom stereocenters. The van der Waals surface area contributed by atoms with Gasteiger partial charge in [-0.15, -0.1) is 0 Å². The zero-order valence-electron chi connectivity index (χ0n) is 17.5. The van der Waals surface area contributed by atoms with Crippen molar-refractivity contribution in [1.82, 2.24) is 24.9 Å². The first-order valence-electron chi connectivity index (χ1n) is 9.98. The number of sulfonamides is 1. The van der Waals surface area contributed by atoms with Crippen LogP contribution in [0.1, 0.15) is 19.5 Å². The fourth-order valence-electron chi connectivity index (χ4n) is 3.20. The molecule has 2 aromatic rings. The third kappa shape index (κ3) is 5.56. The summed E-state index contributed by atoms with van der Waals surface area (Å²) >= 11 is 0. The molecule has 12 heteroatoms. The molecule has 32 heavy (non-hydrogen) atoms. The number of carbonyl (C=O) groups excluding carboxylic acids is 3. The Morgan fingerprint density at radius 3 is 2.59 bits per heavy atom. The van der Waals surface area contributed by atoms with Gasteiger partial charge in [0.05, 0.1) is 16.9 Å². The van der Waals surface area contributed by atoms with Gasteiger partial charge in [-0.05, 0) is 30.2 Å². The maximum absolute atomic E-state index is 13.1. The summed E-state index contributed by atoms with van der Waals surface area (Å²) in [6.07, 6.45) is 3.24. The van der Waals surface area contributed by atoms with E-state index in [2.05, 4.69) is 20.3 Å². The van der Waals surface area contributed by atoms with Crippen LogP contribution >= 0.6 is 0 Å². The molecule has 0 spiro atoms. The van der Waals surface area contributed by atoms with Gasteiger partial charge in [-0.1, -0.05) is 13.8 Å². The lowest BCUT2D eigenvalue weighted by Crippen LogP contribution is -2.56. The van der Waals surface area contributed by atoms with E-state index in [1.807, 2.05) is 0 Å². The number of fused-ring (bicyclic) bond motifs is 2. The topological polar surface area (TPSA) is 139 Å². The van der Waals surface area contributed by atoms with Gasteiger partial charge in [-0.2, -0.15) is 4.72 Å². The van der Waals surface area contributed by atoms with E-state index in [4.69, 9.17) is 0 Å². The number of imidazole rings is 1. The number of aromatic nitrogens is 2. The SMILES string of the molecule is CC(C)C(NS(=O)(=O)c1ccc(F)cc1)C(=O)NC1Cc2cn(cn2)CCNC(=O)C1=O. The second kappa shape index (κ2) is 9.57. The minimum Gasteiger partial charge on any atom is -0.348 e. The molecule has 0 saturated carbocycles. The molecule has 3 N–H and O–H groups in total. The largest absolute Gasteiger partial charge is 0.348 e. The number of rotatable bonds is 6. The van der Waals surface area contributed by atoms with E-state index in [1.54, 1.807) is 30.9 Å². The Labute approximate surface area is 184 Å². The normalized spacial score (nSPS) is 18.2. The zero-order chi connectivity index (χ0) is 23.5. The van der Waals surface area contributed by atoms with E-state index in [0.717, 1.165) is 24.3 Å². The number of ketones is 1. The highest BCUT2D eigenvalue weighted by Gasteiger charge is 2.34.